The molecule has 4 aromatic rings. The number of aryl methyl sites for hydroxylation is 1. The summed E-state index contributed by atoms with van der Waals surface area (Å²) in [5, 5.41) is 6.76. The Morgan fingerprint density at radius 3 is 2.34 bits per heavy atom. The second kappa shape index (κ2) is 8.39. The summed E-state index contributed by atoms with van der Waals surface area (Å²) in [5.41, 5.74) is 2.48. The number of ether oxygens (including phenoxy) is 1. The number of para-hydroxylation sites is 1. The van der Waals surface area contributed by atoms with Gasteiger partial charge in [0.05, 0.1) is 6.54 Å². The quantitative estimate of drug-likeness (QED) is 0.517. The number of carbonyl (C=O) groups is 1. The van der Waals surface area contributed by atoms with E-state index in [-0.39, 0.29) is 12.5 Å². The summed E-state index contributed by atoms with van der Waals surface area (Å²) in [6, 6.07) is 24.3. The van der Waals surface area contributed by atoms with Crippen LogP contribution in [0, 0.1) is 6.92 Å². The third kappa shape index (κ3) is 4.68. The molecule has 4 rings (SSSR count). The van der Waals surface area contributed by atoms with Crippen molar-refractivity contribution in [3.63, 3.8) is 0 Å². The maximum atomic E-state index is 12.2. The minimum absolute atomic E-state index is 0.162. The number of aromatic nitrogens is 2. The number of nitrogens with one attached hydrogen (secondary N) is 1. The van der Waals surface area contributed by atoms with Gasteiger partial charge in [-0.3, -0.25) is 4.79 Å². The van der Waals surface area contributed by atoms with Crippen LogP contribution in [0.2, 0.25) is 0 Å². The summed E-state index contributed by atoms with van der Waals surface area (Å²) >= 11 is 0. The number of amides is 1. The Morgan fingerprint density at radius 1 is 0.931 bits per heavy atom. The molecule has 29 heavy (non-hydrogen) atoms. The van der Waals surface area contributed by atoms with Gasteiger partial charge >= 0.3 is 0 Å². The molecule has 0 bridgehead atoms. The zero-order chi connectivity index (χ0) is 20.1. The fourth-order valence-corrected chi connectivity index (χ4v) is 2.70. The normalized spacial score (nSPS) is 10.5. The van der Waals surface area contributed by atoms with Gasteiger partial charge in [-0.1, -0.05) is 41.1 Å². The lowest BCUT2D eigenvalue weighted by atomic mass is 10.1. The van der Waals surface area contributed by atoms with Crippen LogP contribution in [0.3, 0.4) is 0 Å². The highest BCUT2D eigenvalue weighted by Gasteiger charge is 2.11. The smallest absolute Gasteiger partial charge is 0.251 e. The highest BCUT2D eigenvalue weighted by atomic mass is 16.5. The Labute approximate surface area is 168 Å². The Balaban J connectivity index is 1.37. The molecule has 0 aliphatic heterocycles. The van der Waals surface area contributed by atoms with E-state index in [1.807, 2.05) is 73.7 Å². The van der Waals surface area contributed by atoms with Crippen LogP contribution >= 0.6 is 0 Å². The van der Waals surface area contributed by atoms with Crippen LogP contribution in [-0.4, -0.2) is 16.0 Å². The van der Waals surface area contributed by atoms with E-state index in [4.69, 9.17) is 9.26 Å². The van der Waals surface area contributed by atoms with Crippen molar-refractivity contribution in [1.29, 1.82) is 0 Å². The van der Waals surface area contributed by atoms with Gasteiger partial charge in [-0.05, 0) is 55.5 Å². The predicted molar refractivity (Wildman–Crippen MR) is 109 cm³/mol. The minimum atomic E-state index is -0.188. The first-order valence-electron chi connectivity index (χ1n) is 9.18. The molecule has 0 aliphatic rings. The number of hydrogen-bond donors (Lipinski definition) is 1. The van der Waals surface area contributed by atoms with E-state index in [0.29, 0.717) is 23.0 Å². The number of benzene rings is 3. The molecule has 0 saturated heterocycles. The molecule has 144 valence electrons. The Bertz CT molecular complexity index is 1090. The van der Waals surface area contributed by atoms with E-state index in [0.717, 1.165) is 16.9 Å². The second-order valence-electron chi connectivity index (χ2n) is 6.50. The average molecular weight is 385 g/mol. The minimum Gasteiger partial charge on any atom is -0.457 e. The number of carbonyl (C=O) groups excluding carboxylic acids is 1. The van der Waals surface area contributed by atoms with Crippen molar-refractivity contribution in [2.24, 2.45) is 0 Å². The van der Waals surface area contributed by atoms with E-state index in [9.17, 15) is 4.79 Å². The van der Waals surface area contributed by atoms with Crippen molar-refractivity contribution >= 4 is 5.91 Å². The summed E-state index contributed by atoms with van der Waals surface area (Å²) < 4.78 is 11.0. The molecule has 0 unspecified atom stereocenters. The van der Waals surface area contributed by atoms with Crippen LogP contribution in [0.4, 0.5) is 0 Å². The van der Waals surface area contributed by atoms with Crippen molar-refractivity contribution in [2.45, 2.75) is 13.5 Å². The number of nitrogens with zero attached hydrogens (tertiary/aromatic N) is 2. The lowest BCUT2D eigenvalue weighted by molar-refractivity contribution is 0.0946. The molecule has 1 aromatic heterocycles. The third-order valence-corrected chi connectivity index (χ3v) is 4.27. The highest BCUT2D eigenvalue weighted by molar-refractivity contribution is 5.94. The van der Waals surface area contributed by atoms with E-state index >= 15 is 0 Å². The lowest BCUT2D eigenvalue weighted by Gasteiger charge is -2.05. The van der Waals surface area contributed by atoms with Crippen LogP contribution in [0.1, 0.15) is 21.8 Å². The van der Waals surface area contributed by atoms with Gasteiger partial charge in [0.25, 0.3) is 5.91 Å². The molecule has 6 heteroatoms. The Kier molecular flexibility index (Phi) is 5.33. The molecule has 0 aliphatic carbocycles. The summed E-state index contributed by atoms with van der Waals surface area (Å²) in [4.78, 5) is 16.5. The molecule has 3 aromatic carbocycles. The molecule has 6 nitrogen and oxygen atoms in total. The third-order valence-electron chi connectivity index (χ3n) is 4.27. The zero-order valence-corrected chi connectivity index (χ0v) is 15.8. The fraction of sp³-hybridized carbons (Fsp3) is 0.0870. The summed E-state index contributed by atoms with van der Waals surface area (Å²) in [6.45, 7) is 2.14. The van der Waals surface area contributed by atoms with Crippen LogP contribution in [0.25, 0.3) is 11.4 Å². The first-order valence-corrected chi connectivity index (χ1v) is 9.18. The molecular weight excluding hydrogens is 366 g/mol. The molecule has 0 fully saturated rings. The van der Waals surface area contributed by atoms with Crippen LogP contribution < -0.4 is 10.1 Å². The van der Waals surface area contributed by atoms with Crippen LogP contribution in [-0.2, 0) is 6.54 Å². The molecule has 1 heterocycles. The zero-order valence-electron chi connectivity index (χ0n) is 15.8. The number of hydrogen-bond acceptors (Lipinski definition) is 5. The first kappa shape index (κ1) is 18.4. The lowest BCUT2D eigenvalue weighted by Crippen LogP contribution is -2.22. The fourth-order valence-electron chi connectivity index (χ4n) is 2.70. The first-order chi connectivity index (χ1) is 14.2. The van der Waals surface area contributed by atoms with Crippen LogP contribution in [0.15, 0.2) is 83.4 Å². The van der Waals surface area contributed by atoms with Crippen molar-refractivity contribution < 1.29 is 14.1 Å². The Hall–Kier alpha value is -3.93. The Morgan fingerprint density at radius 2 is 1.62 bits per heavy atom. The van der Waals surface area contributed by atoms with Crippen molar-refractivity contribution in [2.75, 3.05) is 0 Å². The number of rotatable bonds is 6. The van der Waals surface area contributed by atoms with Gasteiger partial charge < -0.3 is 14.6 Å². The van der Waals surface area contributed by atoms with Gasteiger partial charge in [0.1, 0.15) is 11.5 Å². The van der Waals surface area contributed by atoms with Gasteiger partial charge in [0, 0.05) is 11.1 Å². The van der Waals surface area contributed by atoms with E-state index < -0.39 is 0 Å². The molecule has 1 N–H and O–H groups in total. The summed E-state index contributed by atoms with van der Waals surface area (Å²) in [5.74, 6) is 2.09. The van der Waals surface area contributed by atoms with Gasteiger partial charge in [0.2, 0.25) is 11.7 Å². The average Bonchev–Trinajstić information content (AvgIpc) is 3.23. The molecule has 0 radical (unpaired) electrons. The maximum Gasteiger partial charge on any atom is 0.251 e. The molecule has 0 spiro atoms. The van der Waals surface area contributed by atoms with Gasteiger partial charge in [-0.2, -0.15) is 4.98 Å². The highest BCUT2D eigenvalue weighted by Crippen LogP contribution is 2.24. The molecule has 1 amide bonds. The van der Waals surface area contributed by atoms with E-state index in [1.54, 1.807) is 12.1 Å². The second-order valence-corrected chi connectivity index (χ2v) is 6.50. The van der Waals surface area contributed by atoms with Gasteiger partial charge in [-0.15, -0.1) is 0 Å². The van der Waals surface area contributed by atoms with Gasteiger partial charge in [0.15, 0.2) is 0 Å². The standard InChI is InChI=1S/C23H19N3O3/c1-16-7-9-18(10-8-16)23(27)24-15-21-25-22(26-29-21)17-11-13-20(14-12-17)28-19-5-3-2-4-6-19/h2-14H,15H2,1H3,(H,24,27). The molecule has 0 atom stereocenters. The van der Waals surface area contributed by atoms with Crippen LogP contribution in [0.5, 0.6) is 11.5 Å². The monoisotopic (exact) mass is 385 g/mol. The topological polar surface area (TPSA) is 77.2 Å². The largest absolute Gasteiger partial charge is 0.457 e. The van der Waals surface area contributed by atoms with E-state index in [1.165, 1.54) is 0 Å². The van der Waals surface area contributed by atoms with Gasteiger partial charge in [-0.25, -0.2) is 0 Å². The van der Waals surface area contributed by atoms with Crippen molar-refractivity contribution in [3.05, 3.63) is 95.9 Å². The maximum absolute atomic E-state index is 12.2. The SMILES string of the molecule is Cc1ccc(C(=O)NCc2nc(-c3ccc(Oc4ccccc4)cc3)no2)cc1. The van der Waals surface area contributed by atoms with E-state index in [2.05, 4.69) is 15.5 Å². The van der Waals surface area contributed by atoms with Crippen molar-refractivity contribution in [1.82, 2.24) is 15.5 Å². The molecular formula is C23H19N3O3. The van der Waals surface area contributed by atoms with Crippen molar-refractivity contribution in [3.8, 4) is 22.9 Å². The summed E-state index contributed by atoms with van der Waals surface area (Å²) in [7, 11) is 0. The predicted octanol–water partition coefficient (Wildman–Crippen LogP) is 4.77. The molecule has 0 saturated carbocycles. The summed E-state index contributed by atoms with van der Waals surface area (Å²) in [6.07, 6.45) is 0.